The maximum absolute atomic E-state index is 5.84. The first kappa shape index (κ1) is 12.3. The molecule has 2 aromatic rings. The van der Waals surface area contributed by atoms with Gasteiger partial charge in [-0.25, -0.2) is 4.98 Å². The fraction of sp³-hybridized carbons (Fsp3) is 0.0833. The minimum absolute atomic E-state index is 0.426. The van der Waals surface area contributed by atoms with E-state index in [0.717, 1.165) is 15.1 Å². The number of hydrogen-bond acceptors (Lipinski definition) is 4. The number of nitrogen functional groups attached to an aromatic ring is 1. The highest BCUT2D eigenvalue weighted by Gasteiger charge is 2.07. The molecule has 0 unspecified atom stereocenters. The molecular formula is C12H11BrN2OS. The summed E-state index contributed by atoms with van der Waals surface area (Å²) < 4.78 is 6.54. The van der Waals surface area contributed by atoms with Crippen LogP contribution in [0.4, 0.5) is 5.69 Å². The molecule has 88 valence electrons. The Hall–Kier alpha value is -1.20. The van der Waals surface area contributed by atoms with Crippen LogP contribution in [0, 0.1) is 0 Å². The third-order valence-corrected chi connectivity index (χ3v) is 3.33. The summed E-state index contributed by atoms with van der Waals surface area (Å²) in [5, 5.41) is 0. The monoisotopic (exact) mass is 310 g/mol. The molecule has 2 N–H and O–H groups in total. The minimum atomic E-state index is 0.426. The molecule has 0 aliphatic rings. The second-order valence-electron chi connectivity index (χ2n) is 3.30. The van der Waals surface area contributed by atoms with Gasteiger partial charge in [0.05, 0.1) is 5.69 Å². The van der Waals surface area contributed by atoms with Crippen LogP contribution in [0.25, 0.3) is 0 Å². The van der Waals surface area contributed by atoms with Gasteiger partial charge in [0.25, 0.3) is 0 Å². The van der Waals surface area contributed by atoms with Crippen molar-refractivity contribution in [1.82, 2.24) is 4.98 Å². The SMILES string of the molecule is CSc1ccccc1Oc1ncc(Br)cc1N. The molecule has 5 heteroatoms. The third-order valence-electron chi connectivity index (χ3n) is 2.12. The average molecular weight is 311 g/mol. The zero-order chi connectivity index (χ0) is 12.3. The van der Waals surface area contributed by atoms with E-state index in [1.54, 1.807) is 24.0 Å². The van der Waals surface area contributed by atoms with Crippen molar-refractivity contribution < 1.29 is 4.74 Å². The summed E-state index contributed by atoms with van der Waals surface area (Å²) >= 11 is 4.93. The molecule has 0 atom stereocenters. The topological polar surface area (TPSA) is 48.1 Å². The van der Waals surface area contributed by atoms with E-state index in [-0.39, 0.29) is 0 Å². The predicted molar refractivity (Wildman–Crippen MR) is 74.6 cm³/mol. The van der Waals surface area contributed by atoms with Gasteiger partial charge in [0, 0.05) is 15.6 Å². The average Bonchev–Trinajstić information content (AvgIpc) is 2.33. The number of nitrogens with zero attached hydrogens (tertiary/aromatic N) is 1. The van der Waals surface area contributed by atoms with Gasteiger partial charge >= 0.3 is 0 Å². The van der Waals surface area contributed by atoms with Gasteiger partial charge in [-0.05, 0) is 40.4 Å². The number of benzene rings is 1. The lowest BCUT2D eigenvalue weighted by atomic mass is 10.3. The van der Waals surface area contributed by atoms with Gasteiger partial charge in [0.1, 0.15) is 5.75 Å². The van der Waals surface area contributed by atoms with Crippen molar-refractivity contribution in [3.63, 3.8) is 0 Å². The number of rotatable bonds is 3. The number of nitrogens with two attached hydrogens (primary N) is 1. The molecular weight excluding hydrogens is 300 g/mol. The van der Waals surface area contributed by atoms with E-state index in [1.165, 1.54) is 0 Å². The number of anilines is 1. The minimum Gasteiger partial charge on any atom is -0.436 e. The van der Waals surface area contributed by atoms with Gasteiger partial charge in [-0.3, -0.25) is 0 Å². The summed E-state index contributed by atoms with van der Waals surface area (Å²) in [5.41, 5.74) is 6.35. The third kappa shape index (κ3) is 2.92. The van der Waals surface area contributed by atoms with Gasteiger partial charge in [0.2, 0.25) is 5.88 Å². The lowest BCUT2D eigenvalue weighted by molar-refractivity contribution is 0.454. The Kier molecular flexibility index (Phi) is 3.91. The lowest BCUT2D eigenvalue weighted by Crippen LogP contribution is -1.95. The molecule has 3 nitrogen and oxygen atoms in total. The van der Waals surface area contributed by atoms with E-state index in [2.05, 4.69) is 20.9 Å². The molecule has 2 rings (SSSR count). The predicted octanol–water partition coefficient (Wildman–Crippen LogP) is 3.94. The summed E-state index contributed by atoms with van der Waals surface area (Å²) in [6.07, 6.45) is 3.66. The van der Waals surface area contributed by atoms with E-state index in [9.17, 15) is 0 Å². The molecule has 0 amide bonds. The molecule has 0 bridgehead atoms. The Labute approximate surface area is 113 Å². The summed E-state index contributed by atoms with van der Waals surface area (Å²) in [4.78, 5) is 5.20. The summed E-state index contributed by atoms with van der Waals surface area (Å²) in [5.74, 6) is 1.19. The summed E-state index contributed by atoms with van der Waals surface area (Å²) in [7, 11) is 0. The van der Waals surface area contributed by atoms with Crippen molar-refractivity contribution in [2.24, 2.45) is 0 Å². The van der Waals surface area contributed by atoms with Crippen molar-refractivity contribution in [1.29, 1.82) is 0 Å². The van der Waals surface area contributed by atoms with Crippen LogP contribution in [-0.2, 0) is 0 Å². The lowest BCUT2D eigenvalue weighted by Gasteiger charge is -2.10. The molecule has 1 heterocycles. The van der Waals surface area contributed by atoms with Crippen molar-refractivity contribution in [2.45, 2.75) is 4.90 Å². The second-order valence-corrected chi connectivity index (χ2v) is 5.06. The zero-order valence-corrected chi connectivity index (χ0v) is 11.6. The zero-order valence-electron chi connectivity index (χ0n) is 9.18. The quantitative estimate of drug-likeness (QED) is 0.872. The smallest absolute Gasteiger partial charge is 0.242 e. The van der Waals surface area contributed by atoms with Crippen LogP contribution in [0.3, 0.4) is 0 Å². The largest absolute Gasteiger partial charge is 0.436 e. The first-order valence-corrected chi connectivity index (χ1v) is 6.94. The van der Waals surface area contributed by atoms with Crippen LogP contribution in [0.2, 0.25) is 0 Å². The van der Waals surface area contributed by atoms with E-state index in [0.29, 0.717) is 11.6 Å². The Morgan fingerprint density at radius 1 is 1.35 bits per heavy atom. The van der Waals surface area contributed by atoms with Crippen molar-refractivity contribution >= 4 is 33.4 Å². The van der Waals surface area contributed by atoms with Crippen molar-refractivity contribution in [3.8, 4) is 11.6 Å². The summed E-state index contributed by atoms with van der Waals surface area (Å²) in [6.45, 7) is 0. The highest BCUT2D eigenvalue weighted by Crippen LogP contribution is 2.33. The first-order valence-electron chi connectivity index (χ1n) is 4.92. The Balaban J connectivity index is 2.31. The van der Waals surface area contributed by atoms with E-state index < -0.39 is 0 Å². The molecule has 0 radical (unpaired) electrons. The molecule has 1 aromatic heterocycles. The summed E-state index contributed by atoms with van der Waals surface area (Å²) in [6, 6.07) is 9.55. The number of halogens is 1. The van der Waals surface area contributed by atoms with Gasteiger partial charge < -0.3 is 10.5 Å². The molecule has 0 fully saturated rings. The van der Waals surface area contributed by atoms with Crippen LogP contribution >= 0.6 is 27.7 Å². The first-order chi connectivity index (χ1) is 8.20. The van der Waals surface area contributed by atoms with Crippen LogP contribution < -0.4 is 10.5 Å². The normalized spacial score (nSPS) is 10.2. The molecule has 0 spiro atoms. The second kappa shape index (κ2) is 5.42. The number of hydrogen-bond donors (Lipinski definition) is 1. The maximum atomic E-state index is 5.84. The molecule has 0 saturated carbocycles. The Bertz CT molecular complexity index is 534. The van der Waals surface area contributed by atoms with E-state index in [1.807, 2.05) is 30.5 Å². The van der Waals surface area contributed by atoms with Gasteiger partial charge in [-0.15, -0.1) is 11.8 Å². The molecule has 0 aliphatic heterocycles. The molecule has 1 aromatic carbocycles. The standard InChI is InChI=1S/C12H11BrN2OS/c1-17-11-5-3-2-4-10(11)16-12-9(14)6-8(13)7-15-12/h2-7H,14H2,1H3. The highest BCUT2D eigenvalue weighted by molar-refractivity contribution is 9.10. The maximum Gasteiger partial charge on any atom is 0.242 e. The molecule has 0 saturated heterocycles. The number of thioether (sulfide) groups is 1. The van der Waals surface area contributed by atoms with Gasteiger partial charge in [-0.2, -0.15) is 0 Å². The fourth-order valence-corrected chi connectivity index (χ4v) is 2.21. The van der Waals surface area contributed by atoms with Gasteiger partial charge in [-0.1, -0.05) is 12.1 Å². The number of aromatic nitrogens is 1. The number of ether oxygens (including phenoxy) is 1. The Morgan fingerprint density at radius 2 is 2.12 bits per heavy atom. The highest BCUT2D eigenvalue weighted by atomic mass is 79.9. The van der Waals surface area contributed by atoms with E-state index >= 15 is 0 Å². The van der Waals surface area contributed by atoms with Crippen molar-refractivity contribution in [2.75, 3.05) is 12.0 Å². The molecule has 17 heavy (non-hydrogen) atoms. The Morgan fingerprint density at radius 3 is 2.82 bits per heavy atom. The molecule has 0 aliphatic carbocycles. The van der Waals surface area contributed by atoms with Crippen LogP contribution in [0.5, 0.6) is 11.6 Å². The van der Waals surface area contributed by atoms with Crippen molar-refractivity contribution in [3.05, 3.63) is 41.0 Å². The number of para-hydroxylation sites is 1. The van der Waals surface area contributed by atoms with Crippen LogP contribution in [-0.4, -0.2) is 11.2 Å². The number of pyridine rings is 1. The fourth-order valence-electron chi connectivity index (χ4n) is 1.33. The van der Waals surface area contributed by atoms with Crippen LogP contribution in [0.15, 0.2) is 45.9 Å². The van der Waals surface area contributed by atoms with Gasteiger partial charge in [0.15, 0.2) is 0 Å². The van der Waals surface area contributed by atoms with Crippen LogP contribution in [0.1, 0.15) is 0 Å². The van der Waals surface area contributed by atoms with E-state index in [4.69, 9.17) is 10.5 Å².